The zero-order valence-electron chi connectivity index (χ0n) is 8.32. The maximum Gasteiger partial charge on any atom is 0.129 e. The molecule has 1 aliphatic rings. The summed E-state index contributed by atoms with van der Waals surface area (Å²) in [6.45, 7) is -0.338. The lowest BCUT2D eigenvalue weighted by molar-refractivity contribution is -0.0228. The normalized spacial score (nSPS) is 34.2. The second-order valence-corrected chi connectivity index (χ2v) is 4.06. The van der Waals surface area contributed by atoms with E-state index in [0.29, 0.717) is 10.7 Å². The van der Waals surface area contributed by atoms with Crippen LogP contribution in [0.4, 0.5) is 0 Å². The summed E-state index contributed by atoms with van der Waals surface area (Å²) in [6, 6.07) is 3.24. The average molecular weight is 246 g/mol. The highest BCUT2D eigenvalue weighted by molar-refractivity contribution is 6.29. The molecule has 16 heavy (non-hydrogen) atoms. The summed E-state index contributed by atoms with van der Waals surface area (Å²) in [5.74, 6) is 0. The van der Waals surface area contributed by atoms with Gasteiger partial charge in [0.2, 0.25) is 0 Å². The topological polar surface area (TPSA) is 82.8 Å². The number of nitrogens with zero attached hydrogens (tertiary/aromatic N) is 1. The van der Waals surface area contributed by atoms with Crippen molar-refractivity contribution in [2.75, 3.05) is 6.61 Å². The van der Waals surface area contributed by atoms with Crippen LogP contribution >= 0.6 is 11.6 Å². The number of rotatable bonds is 2. The van der Waals surface area contributed by atoms with Crippen LogP contribution < -0.4 is 0 Å². The van der Waals surface area contributed by atoms with Gasteiger partial charge in [0.15, 0.2) is 0 Å². The van der Waals surface area contributed by atoms with Gasteiger partial charge in [0.25, 0.3) is 0 Å². The van der Waals surface area contributed by atoms with Crippen LogP contribution in [-0.4, -0.2) is 45.2 Å². The van der Waals surface area contributed by atoms with Crippen LogP contribution in [0.15, 0.2) is 18.3 Å². The van der Waals surface area contributed by atoms with E-state index in [1.807, 2.05) is 0 Å². The summed E-state index contributed by atoms with van der Waals surface area (Å²) in [6.07, 6.45) is -2.14. The molecule has 1 fully saturated rings. The molecule has 0 aliphatic carbocycles. The van der Waals surface area contributed by atoms with Crippen molar-refractivity contribution in [1.29, 1.82) is 0 Å². The molecule has 0 radical (unpaired) electrons. The molecular weight excluding hydrogens is 234 g/mol. The Morgan fingerprint density at radius 1 is 1.31 bits per heavy atom. The van der Waals surface area contributed by atoms with Crippen LogP contribution in [0, 0.1) is 0 Å². The fourth-order valence-corrected chi connectivity index (χ4v) is 1.84. The maximum absolute atomic E-state index is 9.73. The van der Waals surface area contributed by atoms with Crippen molar-refractivity contribution in [2.24, 2.45) is 0 Å². The van der Waals surface area contributed by atoms with Crippen molar-refractivity contribution in [3.8, 4) is 0 Å². The first-order valence-electron chi connectivity index (χ1n) is 4.87. The molecule has 0 amide bonds. The molecule has 1 aromatic heterocycles. The molecule has 0 saturated carbocycles. The Hall–Kier alpha value is -0.720. The standard InChI is InChI=1S/C10H12ClNO4/c11-7-2-1-5(3-12-7)10-9(15)8(14)6(4-13)16-10/h1-3,6,8-10,13-15H,4H2/t6-,8-,9-,10?/m1/s1. The lowest BCUT2D eigenvalue weighted by Crippen LogP contribution is -2.32. The largest absolute Gasteiger partial charge is 0.394 e. The van der Waals surface area contributed by atoms with Crippen molar-refractivity contribution in [1.82, 2.24) is 4.98 Å². The summed E-state index contributed by atoms with van der Waals surface area (Å²) >= 11 is 5.64. The van der Waals surface area contributed by atoms with Crippen LogP contribution in [-0.2, 0) is 4.74 Å². The first-order chi connectivity index (χ1) is 7.63. The van der Waals surface area contributed by atoms with E-state index < -0.39 is 24.4 Å². The Labute approximate surface area is 97.3 Å². The third kappa shape index (κ3) is 2.05. The quantitative estimate of drug-likeness (QED) is 0.634. The fraction of sp³-hybridized carbons (Fsp3) is 0.500. The van der Waals surface area contributed by atoms with Crippen molar-refractivity contribution >= 4 is 11.6 Å². The molecule has 1 aromatic rings. The lowest BCUT2D eigenvalue weighted by Gasteiger charge is -2.14. The van der Waals surface area contributed by atoms with Crippen molar-refractivity contribution in [3.63, 3.8) is 0 Å². The van der Waals surface area contributed by atoms with Crippen LogP contribution in [0.5, 0.6) is 0 Å². The van der Waals surface area contributed by atoms with Gasteiger partial charge in [0, 0.05) is 11.8 Å². The van der Waals surface area contributed by atoms with Gasteiger partial charge in [-0.15, -0.1) is 0 Å². The third-order valence-corrected chi connectivity index (χ3v) is 2.84. The van der Waals surface area contributed by atoms with Crippen molar-refractivity contribution in [3.05, 3.63) is 29.0 Å². The van der Waals surface area contributed by atoms with E-state index in [1.165, 1.54) is 6.20 Å². The molecule has 3 N–H and O–H groups in total. The molecule has 1 aliphatic heterocycles. The SMILES string of the molecule is OC[C@H]1OC(c2ccc(Cl)nc2)[C@H](O)[C@@H]1O. The fourth-order valence-electron chi connectivity index (χ4n) is 1.73. The molecule has 6 heteroatoms. The number of aliphatic hydroxyl groups is 3. The van der Waals surface area contributed by atoms with E-state index in [0.717, 1.165) is 0 Å². The van der Waals surface area contributed by atoms with Crippen LogP contribution in [0.2, 0.25) is 5.15 Å². The maximum atomic E-state index is 9.73. The number of hydrogen-bond acceptors (Lipinski definition) is 5. The van der Waals surface area contributed by atoms with E-state index in [1.54, 1.807) is 12.1 Å². The van der Waals surface area contributed by atoms with E-state index in [2.05, 4.69) is 4.98 Å². The minimum absolute atomic E-state index is 0.338. The molecule has 0 aromatic carbocycles. The number of halogens is 1. The van der Waals surface area contributed by atoms with E-state index >= 15 is 0 Å². The smallest absolute Gasteiger partial charge is 0.129 e. The van der Waals surface area contributed by atoms with Gasteiger partial charge in [-0.2, -0.15) is 0 Å². The van der Waals surface area contributed by atoms with E-state index in [9.17, 15) is 10.2 Å². The van der Waals surface area contributed by atoms with Crippen LogP contribution in [0.1, 0.15) is 11.7 Å². The molecule has 1 saturated heterocycles. The predicted molar refractivity (Wildman–Crippen MR) is 56.0 cm³/mol. The first-order valence-corrected chi connectivity index (χ1v) is 5.25. The minimum atomic E-state index is -1.09. The first kappa shape index (κ1) is 11.8. The Morgan fingerprint density at radius 3 is 2.56 bits per heavy atom. The summed E-state index contributed by atoms with van der Waals surface area (Å²) in [7, 11) is 0. The Kier molecular flexibility index (Phi) is 3.41. The Balaban J connectivity index is 2.19. The highest BCUT2D eigenvalue weighted by atomic mass is 35.5. The monoisotopic (exact) mass is 245 g/mol. The number of hydrogen-bond donors (Lipinski definition) is 3. The number of ether oxygens (including phenoxy) is 1. The number of aromatic nitrogens is 1. The molecule has 5 nitrogen and oxygen atoms in total. The lowest BCUT2D eigenvalue weighted by atomic mass is 10.0. The summed E-state index contributed by atoms with van der Waals surface area (Å²) in [5, 5.41) is 28.6. The van der Waals surface area contributed by atoms with E-state index in [4.69, 9.17) is 21.4 Å². The molecule has 2 heterocycles. The molecule has 0 bridgehead atoms. The van der Waals surface area contributed by atoms with Crippen molar-refractivity contribution < 1.29 is 20.1 Å². The zero-order chi connectivity index (χ0) is 11.7. The van der Waals surface area contributed by atoms with Gasteiger partial charge in [-0.05, 0) is 6.07 Å². The molecule has 88 valence electrons. The van der Waals surface area contributed by atoms with Gasteiger partial charge in [-0.25, -0.2) is 4.98 Å². The summed E-state index contributed by atoms with van der Waals surface area (Å²) in [5.41, 5.74) is 0.618. The summed E-state index contributed by atoms with van der Waals surface area (Å²) < 4.78 is 5.33. The number of pyridine rings is 1. The molecule has 0 spiro atoms. The second-order valence-electron chi connectivity index (χ2n) is 3.67. The molecule has 4 atom stereocenters. The van der Waals surface area contributed by atoms with Gasteiger partial charge < -0.3 is 20.1 Å². The minimum Gasteiger partial charge on any atom is -0.394 e. The van der Waals surface area contributed by atoms with Gasteiger partial charge in [0.05, 0.1) is 6.61 Å². The molecular formula is C10H12ClNO4. The zero-order valence-corrected chi connectivity index (χ0v) is 9.08. The summed E-state index contributed by atoms with van der Waals surface area (Å²) in [4.78, 5) is 3.86. The van der Waals surface area contributed by atoms with Crippen molar-refractivity contribution in [2.45, 2.75) is 24.4 Å². The van der Waals surface area contributed by atoms with Gasteiger partial charge in [0.1, 0.15) is 29.6 Å². The Morgan fingerprint density at radius 2 is 2.06 bits per heavy atom. The van der Waals surface area contributed by atoms with Crippen LogP contribution in [0.25, 0.3) is 0 Å². The number of aliphatic hydroxyl groups excluding tert-OH is 3. The predicted octanol–water partition coefficient (Wildman–Crippen LogP) is -0.111. The second kappa shape index (κ2) is 4.65. The Bertz CT molecular complexity index is 358. The van der Waals surface area contributed by atoms with Gasteiger partial charge in [-0.3, -0.25) is 0 Å². The third-order valence-electron chi connectivity index (χ3n) is 2.62. The van der Waals surface area contributed by atoms with Gasteiger partial charge in [-0.1, -0.05) is 17.7 Å². The highest BCUT2D eigenvalue weighted by Crippen LogP contribution is 2.33. The van der Waals surface area contributed by atoms with Gasteiger partial charge >= 0.3 is 0 Å². The highest BCUT2D eigenvalue weighted by Gasteiger charge is 2.42. The van der Waals surface area contributed by atoms with Crippen LogP contribution in [0.3, 0.4) is 0 Å². The van der Waals surface area contributed by atoms with E-state index in [-0.39, 0.29) is 6.61 Å². The average Bonchev–Trinajstić information content (AvgIpc) is 2.57. The molecule has 2 rings (SSSR count). The molecule has 1 unspecified atom stereocenters.